The molecule has 0 bridgehead atoms. The van der Waals surface area contributed by atoms with Gasteiger partial charge in [0.05, 0.1) is 0 Å². The Morgan fingerprint density at radius 1 is 0.480 bits per heavy atom. The van der Waals surface area contributed by atoms with E-state index < -0.39 is 0 Å². The van der Waals surface area contributed by atoms with Gasteiger partial charge in [0.1, 0.15) is 6.10 Å². The highest BCUT2D eigenvalue weighted by Crippen LogP contribution is 2.19. The Morgan fingerprint density at radius 3 is 1.22 bits per heavy atom. The number of hydrogen-bond donors (Lipinski definition) is 0. The lowest BCUT2D eigenvalue weighted by Crippen LogP contribution is -2.37. The molecule has 0 amide bonds. The molecule has 0 aliphatic heterocycles. The monoisotopic (exact) mass is 698 g/mol. The minimum absolute atomic E-state index is 0.0162. The Hall–Kier alpha value is -1.61. The Labute approximate surface area is 314 Å². The fourth-order valence-electron chi connectivity index (χ4n) is 6.75. The lowest BCUT2D eigenvalue weighted by Gasteiger charge is -2.30. The fourth-order valence-corrected chi connectivity index (χ4v) is 6.75. The molecule has 0 atom stereocenters. The zero-order chi connectivity index (χ0) is 36.8. The van der Waals surface area contributed by atoms with Crippen molar-refractivity contribution in [3.63, 3.8) is 0 Å². The molecule has 0 unspecified atom stereocenters. The lowest BCUT2D eigenvalue weighted by atomic mass is 10.0. The first-order chi connectivity index (χ1) is 24.4. The van der Waals surface area contributed by atoms with Crippen LogP contribution >= 0.6 is 0 Å². The molecule has 0 fully saturated rings. The van der Waals surface area contributed by atoms with Crippen LogP contribution in [-0.2, 0) is 9.53 Å². The number of nitrogens with zero attached hydrogens (tertiary/aromatic N) is 1. The van der Waals surface area contributed by atoms with Crippen LogP contribution in [0, 0.1) is 0 Å². The summed E-state index contributed by atoms with van der Waals surface area (Å²) in [5, 5.41) is 0. The van der Waals surface area contributed by atoms with Gasteiger partial charge in [0.2, 0.25) is 0 Å². The zero-order valence-electron chi connectivity index (χ0n) is 34.6. The van der Waals surface area contributed by atoms with E-state index in [9.17, 15) is 4.79 Å². The van der Waals surface area contributed by atoms with Crippen LogP contribution in [0.4, 0.5) is 0 Å². The van der Waals surface area contributed by atoms with Crippen LogP contribution in [0.2, 0.25) is 0 Å². The summed E-state index contributed by atoms with van der Waals surface area (Å²) in [5.41, 5.74) is 0. The minimum atomic E-state index is 0.0162. The van der Waals surface area contributed by atoms with Crippen LogP contribution in [0.15, 0.2) is 48.6 Å². The maximum Gasteiger partial charge on any atom is 0.306 e. The molecule has 0 radical (unpaired) electrons. The maximum absolute atomic E-state index is 12.9. The molecular weight excluding hydrogens is 611 g/mol. The molecule has 0 rings (SSSR count). The van der Waals surface area contributed by atoms with Crippen molar-refractivity contribution in [3.8, 4) is 0 Å². The standard InChI is InChI=1S/C47H87NO2/c1-7-9-11-13-15-17-19-21-23-25-27-29-31-33-35-37-40-46(50-47(49)42-39-43-48(44(3)4)45(5)6)41-38-36-34-32-30-28-26-24-22-20-18-16-14-12-10-8-2/h15-18,21-24,44-46H,7-14,19-20,25-43H2,1-6H3/b17-15-,18-16-,23-21-,24-22-. The number of allylic oxidation sites excluding steroid dienone is 8. The van der Waals surface area contributed by atoms with Crippen molar-refractivity contribution >= 4 is 5.97 Å². The molecular formula is C47H87NO2. The molecule has 0 aromatic rings. The van der Waals surface area contributed by atoms with Gasteiger partial charge in [0, 0.05) is 18.5 Å². The molecule has 50 heavy (non-hydrogen) atoms. The highest BCUT2D eigenvalue weighted by Gasteiger charge is 2.17. The van der Waals surface area contributed by atoms with Crippen molar-refractivity contribution < 1.29 is 9.53 Å². The molecule has 292 valence electrons. The summed E-state index contributed by atoms with van der Waals surface area (Å²) in [6, 6.07) is 1.01. The predicted octanol–water partition coefficient (Wildman–Crippen LogP) is 15.2. The van der Waals surface area contributed by atoms with Gasteiger partial charge in [-0.05, 0) is 131 Å². The Kier molecular flexibility index (Phi) is 37.4. The van der Waals surface area contributed by atoms with Crippen molar-refractivity contribution in [1.82, 2.24) is 4.90 Å². The van der Waals surface area contributed by atoms with Crippen LogP contribution in [-0.4, -0.2) is 35.6 Å². The van der Waals surface area contributed by atoms with Crippen molar-refractivity contribution in [2.24, 2.45) is 0 Å². The Bertz CT molecular complexity index is 767. The largest absolute Gasteiger partial charge is 0.462 e. The molecule has 3 heteroatoms. The SMILES string of the molecule is CCCCC/C=C\C/C=C\CCCCCCCCC(CCCCCCCC/C=C\C/C=C\CCCCC)OC(=O)CCCN(C(C)C)C(C)C. The zero-order valence-corrected chi connectivity index (χ0v) is 34.6. The molecule has 0 aromatic heterocycles. The number of ether oxygens (including phenoxy) is 1. The third kappa shape index (κ3) is 34.8. The third-order valence-corrected chi connectivity index (χ3v) is 9.88. The number of rotatable bonds is 37. The summed E-state index contributed by atoms with van der Waals surface area (Å²) in [7, 11) is 0. The fraction of sp³-hybridized carbons (Fsp3) is 0.809. The molecule has 0 aliphatic rings. The van der Waals surface area contributed by atoms with E-state index in [1.165, 1.54) is 141 Å². The highest BCUT2D eigenvalue weighted by molar-refractivity contribution is 5.69. The molecule has 3 nitrogen and oxygen atoms in total. The van der Waals surface area contributed by atoms with E-state index in [1.807, 2.05) is 0 Å². The molecule has 0 saturated heterocycles. The van der Waals surface area contributed by atoms with Gasteiger partial charge in [0.25, 0.3) is 0 Å². The first-order valence-corrected chi connectivity index (χ1v) is 22.0. The third-order valence-electron chi connectivity index (χ3n) is 9.88. The highest BCUT2D eigenvalue weighted by atomic mass is 16.5. The topological polar surface area (TPSA) is 29.5 Å². The quantitative estimate of drug-likeness (QED) is 0.0368. The van der Waals surface area contributed by atoms with Crippen LogP contribution in [0.25, 0.3) is 0 Å². The van der Waals surface area contributed by atoms with E-state index >= 15 is 0 Å². The summed E-state index contributed by atoms with van der Waals surface area (Å²) >= 11 is 0. The summed E-state index contributed by atoms with van der Waals surface area (Å²) in [5.74, 6) is 0.0162. The van der Waals surface area contributed by atoms with Crippen LogP contribution in [0.5, 0.6) is 0 Å². The Balaban J connectivity index is 4.27. The second-order valence-corrected chi connectivity index (χ2v) is 15.4. The number of esters is 1. The van der Waals surface area contributed by atoms with E-state index in [4.69, 9.17) is 4.74 Å². The molecule has 0 saturated carbocycles. The lowest BCUT2D eigenvalue weighted by molar-refractivity contribution is -0.150. The van der Waals surface area contributed by atoms with E-state index in [0.717, 1.165) is 38.6 Å². The van der Waals surface area contributed by atoms with Gasteiger partial charge in [-0.15, -0.1) is 0 Å². The van der Waals surface area contributed by atoms with E-state index in [-0.39, 0.29) is 12.1 Å². The van der Waals surface area contributed by atoms with Crippen molar-refractivity contribution in [2.45, 2.75) is 240 Å². The van der Waals surface area contributed by atoms with Crippen molar-refractivity contribution in [2.75, 3.05) is 6.54 Å². The van der Waals surface area contributed by atoms with E-state index in [2.05, 4.69) is 95.1 Å². The summed E-state index contributed by atoms with van der Waals surface area (Å²) in [6.45, 7) is 14.5. The van der Waals surface area contributed by atoms with Crippen LogP contribution in [0.1, 0.15) is 221 Å². The molecule has 0 aliphatic carbocycles. The number of carbonyl (C=O) groups excluding carboxylic acids is 1. The second kappa shape index (κ2) is 38.6. The van der Waals surface area contributed by atoms with Crippen LogP contribution < -0.4 is 0 Å². The van der Waals surface area contributed by atoms with Gasteiger partial charge >= 0.3 is 5.97 Å². The smallest absolute Gasteiger partial charge is 0.306 e. The second-order valence-electron chi connectivity index (χ2n) is 15.4. The molecule has 0 N–H and O–H groups in total. The minimum Gasteiger partial charge on any atom is -0.462 e. The first-order valence-electron chi connectivity index (χ1n) is 22.0. The average Bonchev–Trinajstić information content (AvgIpc) is 3.09. The van der Waals surface area contributed by atoms with Gasteiger partial charge in [-0.1, -0.05) is 140 Å². The van der Waals surface area contributed by atoms with Crippen LogP contribution in [0.3, 0.4) is 0 Å². The normalized spacial score (nSPS) is 12.6. The predicted molar refractivity (Wildman–Crippen MR) is 224 cm³/mol. The van der Waals surface area contributed by atoms with Gasteiger partial charge in [-0.2, -0.15) is 0 Å². The average molecular weight is 698 g/mol. The summed E-state index contributed by atoms with van der Waals surface area (Å²) < 4.78 is 6.12. The van der Waals surface area contributed by atoms with E-state index in [1.54, 1.807) is 0 Å². The van der Waals surface area contributed by atoms with Crippen molar-refractivity contribution in [1.29, 1.82) is 0 Å². The molecule has 0 spiro atoms. The summed E-state index contributed by atoms with van der Waals surface area (Å²) in [6.07, 6.45) is 52.7. The van der Waals surface area contributed by atoms with Crippen molar-refractivity contribution in [3.05, 3.63) is 48.6 Å². The number of carbonyl (C=O) groups is 1. The first kappa shape index (κ1) is 48.4. The molecule has 0 heterocycles. The van der Waals surface area contributed by atoms with Gasteiger partial charge in [0.15, 0.2) is 0 Å². The maximum atomic E-state index is 12.9. The van der Waals surface area contributed by atoms with Gasteiger partial charge in [-0.25, -0.2) is 0 Å². The molecule has 0 aromatic carbocycles. The van der Waals surface area contributed by atoms with E-state index in [0.29, 0.717) is 18.5 Å². The number of hydrogen-bond acceptors (Lipinski definition) is 3. The van der Waals surface area contributed by atoms with Gasteiger partial charge < -0.3 is 4.74 Å². The Morgan fingerprint density at radius 2 is 0.840 bits per heavy atom. The van der Waals surface area contributed by atoms with Gasteiger partial charge in [-0.3, -0.25) is 9.69 Å². The number of unbranched alkanes of at least 4 members (excludes halogenated alkanes) is 18. The summed E-state index contributed by atoms with van der Waals surface area (Å²) in [4.78, 5) is 15.3.